The van der Waals surface area contributed by atoms with Crippen LogP contribution in [-0.4, -0.2) is 69.7 Å². The number of nitrogens with zero attached hydrogens (tertiary/aromatic N) is 3. The average molecular weight is 467 g/mol. The Labute approximate surface area is 193 Å². The summed E-state index contributed by atoms with van der Waals surface area (Å²) in [4.78, 5) is 4.86. The van der Waals surface area contributed by atoms with Gasteiger partial charge in [0.05, 0.1) is 35.0 Å². The van der Waals surface area contributed by atoms with Crippen LogP contribution in [0.15, 0.2) is 64.1 Å². The lowest BCUT2D eigenvalue weighted by Gasteiger charge is -2.45. The Morgan fingerprint density at radius 2 is 1.70 bits per heavy atom. The minimum absolute atomic E-state index is 0.103. The molecule has 5 rings (SSSR count). The lowest BCUT2D eigenvalue weighted by atomic mass is 10.1. The summed E-state index contributed by atoms with van der Waals surface area (Å²) in [5, 5.41) is 10.0. The van der Waals surface area contributed by atoms with Crippen LogP contribution >= 0.6 is 0 Å². The van der Waals surface area contributed by atoms with Crippen molar-refractivity contribution in [2.24, 2.45) is 0 Å². The fourth-order valence-corrected chi connectivity index (χ4v) is 5.72. The minimum Gasteiger partial charge on any atom is -0.464 e. The Balaban J connectivity index is 1.13. The molecule has 172 valence electrons. The maximum atomic E-state index is 12.5. The van der Waals surface area contributed by atoms with Crippen LogP contribution in [0.1, 0.15) is 11.1 Å². The molecule has 0 radical (unpaired) electrons. The van der Waals surface area contributed by atoms with Gasteiger partial charge in [-0.1, -0.05) is 18.2 Å². The number of hydrogen-bond donors (Lipinski definition) is 1. The zero-order chi connectivity index (χ0) is 22.8. The van der Waals surface area contributed by atoms with E-state index < -0.39 is 10.0 Å². The van der Waals surface area contributed by atoms with Crippen molar-refractivity contribution in [2.45, 2.75) is 23.6 Å². The number of furan rings is 1. The van der Waals surface area contributed by atoms with E-state index in [1.165, 1.54) is 29.8 Å². The van der Waals surface area contributed by atoms with Gasteiger partial charge < -0.3 is 9.15 Å². The second-order valence-corrected chi connectivity index (χ2v) is 10.4. The number of benzene rings is 2. The summed E-state index contributed by atoms with van der Waals surface area (Å²) in [7, 11) is -3.59. The Morgan fingerprint density at radius 1 is 1.00 bits per heavy atom. The van der Waals surface area contributed by atoms with Gasteiger partial charge in [-0.05, 0) is 30.3 Å². The number of rotatable bonds is 7. The smallest absolute Gasteiger partial charge is 0.240 e. The zero-order valence-corrected chi connectivity index (χ0v) is 19.0. The van der Waals surface area contributed by atoms with Gasteiger partial charge in [-0.25, -0.2) is 13.1 Å². The molecule has 3 heterocycles. The normalized spacial score (nSPS) is 21.8. The van der Waals surface area contributed by atoms with Crippen molar-refractivity contribution in [1.82, 2.24) is 14.5 Å². The first-order chi connectivity index (χ1) is 16.0. The maximum Gasteiger partial charge on any atom is 0.240 e. The molecule has 2 fully saturated rings. The van der Waals surface area contributed by atoms with Gasteiger partial charge in [0.2, 0.25) is 10.0 Å². The lowest BCUT2D eigenvalue weighted by Crippen LogP contribution is -2.59. The summed E-state index contributed by atoms with van der Waals surface area (Å²) in [5.41, 5.74) is 2.54. The van der Waals surface area contributed by atoms with Crippen LogP contribution in [-0.2, 0) is 21.3 Å². The molecule has 1 N–H and O–H groups in total. The number of nitrogens with one attached hydrogen (secondary N) is 1. The summed E-state index contributed by atoms with van der Waals surface area (Å²) in [5.74, 6) is 0. The molecule has 3 aromatic rings. The summed E-state index contributed by atoms with van der Waals surface area (Å²) >= 11 is 0. The fourth-order valence-electron chi connectivity index (χ4n) is 4.70. The summed E-state index contributed by atoms with van der Waals surface area (Å²) in [6, 6.07) is 16.0. The van der Waals surface area contributed by atoms with E-state index in [9.17, 15) is 8.42 Å². The van der Waals surface area contributed by atoms with Crippen LogP contribution in [0, 0.1) is 11.3 Å². The van der Waals surface area contributed by atoms with Gasteiger partial charge in [0.1, 0.15) is 5.58 Å². The van der Waals surface area contributed by atoms with Gasteiger partial charge in [-0.3, -0.25) is 9.80 Å². The molecular weight excluding hydrogens is 440 g/mol. The predicted octanol–water partition coefficient (Wildman–Crippen LogP) is 2.17. The third kappa shape index (κ3) is 4.95. The highest BCUT2D eigenvalue weighted by molar-refractivity contribution is 7.89. The minimum atomic E-state index is -3.59. The molecule has 2 atom stereocenters. The van der Waals surface area contributed by atoms with Gasteiger partial charge in [-0.2, -0.15) is 5.26 Å². The molecule has 0 saturated carbocycles. The number of hydrogen-bond acceptors (Lipinski definition) is 7. The Morgan fingerprint density at radius 3 is 2.42 bits per heavy atom. The number of nitriles is 1. The standard InChI is InChI=1S/C24H26N4O4S/c25-11-18-5-7-22(8-6-18)33(29,30)26-9-10-27-13-20-15-28(16-21(14-27)32-20)12-19-17-31-24-4-2-1-3-23(19)24/h1-8,17,20-21,26H,9-10,12-16H2. The number of fused-ring (bicyclic) bond motifs is 3. The largest absolute Gasteiger partial charge is 0.464 e. The fraction of sp³-hybridized carbons (Fsp3) is 0.375. The zero-order valence-electron chi connectivity index (χ0n) is 18.2. The molecule has 0 amide bonds. The second kappa shape index (κ2) is 9.25. The third-order valence-corrected chi connectivity index (χ3v) is 7.68. The first-order valence-corrected chi connectivity index (χ1v) is 12.5. The van der Waals surface area contributed by atoms with Crippen molar-refractivity contribution >= 4 is 21.0 Å². The number of para-hydroxylation sites is 1. The van der Waals surface area contributed by atoms with Gasteiger partial charge in [0, 0.05) is 56.8 Å². The van der Waals surface area contributed by atoms with Crippen LogP contribution in [0.4, 0.5) is 0 Å². The van der Waals surface area contributed by atoms with Crippen LogP contribution < -0.4 is 4.72 Å². The number of ether oxygens (including phenoxy) is 1. The van der Waals surface area contributed by atoms with Crippen LogP contribution in [0.25, 0.3) is 11.0 Å². The van der Waals surface area contributed by atoms with Crippen molar-refractivity contribution in [1.29, 1.82) is 5.26 Å². The highest BCUT2D eigenvalue weighted by atomic mass is 32.2. The van der Waals surface area contributed by atoms with Gasteiger partial charge in [-0.15, -0.1) is 0 Å². The van der Waals surface area contributed by atoms with Crippen molar-refractivity contribution in [3.05, 3.63) is 65.9 Å². The van der Waals surface area contributed by atoms with E-state index in [1.54, 1.807) is 0 Å². The molecule has 2 aromatic carbocycles. The van der Waals surface area contributed by atoms with Crippen LogP contribution in [0.2, 0.25) is 0 Å². The molecule has 0 aliphatic carbocycles. The molecule has 33 heavy (non-hydrogen) atoms. The molecule has 8 nitrogen and oxygen atoms in total. The first-order valence-electron chi connectivity index (χ1n) is 11.1. The van der Waals surface area contributed by atoms with Crippen molar-refractivity contribution in [3.8, 4) is 6.07 Å². The van der Waals surface area contributed by atoms with E-state index in [-0.39, 0.29) is 17.1 Å². The molecule has 2 aliphatic rings. The van der Waals surface area contributed by atoms with Gasteiger partial charge >= 0.3 is 0 Å². The van der Waals surface area contributed by atoms with Crippen molar-refractivity contribution in [2.75, 3.05) is 39.3 Å². The van der Waals surface area contributed by atoms with E-state index in [1.807, 2.05) is 30.5 Å². The Hall–Kier alpha value is -2.74. The van der Waals surface area contributed by atoms with E-state index in [4.69, 9.17) is 14.4 Å². The molecule has 2 aliphatic heterocycles. The Bertz CT molecular complexity index is 1250. The monoisotopic (exact) mass is 466 g/mol. The quantitative estimate of drug-likeness (QED) is 0.570. The second-order valence-electron chi connectivity index (χ2n) is 8.62. The highest BCUT2D eigenvalue weighted by Gasteiger charge is 2.35. The summed E-state index contributed by atoms with van der Waals surface area (Å²) < 4.78 is 39.5. The van der Waals surface area contributed by atoms with Crippen LogP contribution in [0.3, 0.4) is 0 Å². The molecule has 1 aromatic heterocycles. The van der Waals surface area contributed by atoms with E-state index in [0.717, 1.165) is 43.7 Å². The van der Waals surface area contributed by atoms with E-state index in [0.29, 0.717) is 18.7 Å². The molecule has 0 spiro atoms. The molecule has 2 bridgehead atoms. The number of morpholine rings is 2. The molecular formula is C24H26N4O4S. The first kappa shape index (κ1) is 22.1. The van der Waals surface area contributed by atoms with Crippen molar-refractivity contribution < 1.29 is 17.6 Å². The highest BCUT2D eigenvalue weighted by Crippen LogP contribution is 2.25. The summed E-state index contributed by atoms with van der Waals surface area (Å²) in [6.45, 7) is 5.00. The Kier molecular flexibility index (Phi) is 6.19. The molecule has 9 heteroatoms. The van der Waals surface area contributed by atoms with Gasteiger partial charge in [0.15, 0.2) is 0 Å². The van der Waals surface area contributed by atoms with Crippen molar-refractivity contribution in [3.63, 3.8) is 0 Å². The van der Waals surface area contributed by atoms with Crippen LogP contribution in [0.5, 0.6) is 0 Å². The molecule has 2 unspecified atom stereocenters. The summed E-state index contributed by atoms with van der Waals surface area (Å²) in [6.07, 6.45) is 2.05. The lowest BCUT2D eigenvalue weighted by molar-refractivity contribution is -0.139. The molecule has 2 saturated heterocycles. The van der Waals surface area contributed by atoms with E-state index in [2.05, 4.69) is 20.6 Å². The predicted molar refractivity (Wildman–Crippen MR) is 123 cm³/mol. The van der Waals surface area contributed by atoms with Gasteiger partial charge in [0.25, 0.3) is 0 Å². The topological polar surface area (TPSA) is 98.8 Å². The third-order valence-electron chi connectivity index (χ3n) is 6.20. The average Bonchev–Trinajstić information content (AvgIpc) is 3.21. The SMILES string of the molecule is N#Cc1ccc(S(=O)(=O)NCCN2CC3CN(Cc4coc5ccccc45)CC(C2)O3)cc1. The number of sulfonamides is 1. The van der Waals surface area contributed by atoms with E-state index >= 15 is 0 Å². The maximum absolute atomic E-state index is 12.5.